The van der Waals surface area contributed by atoms with Crippen molar-refractivity contribution in [2.45, 2.75) is 65.0 Å². The monoisotopic (exact) mass is 516 g/mol. The number of fused-ring (bicyclic) bond motifs is 2. The molecule has 1 saturated heterocycles. The van der Waals surface area contributed by atoms with Crippen molar-refractivity contribution in [3.63, 3.8) is 0 Å². The first-order chi connectivity index (χ1) is 17.5. The summed E-state index contributed by atoms with van der Waals surface area (Å²) in [5.74, 6) is -0.604. The first-order valence-corrected chi connectivity index (χ1v) is 13.5. The molecule has 5 heteroatoms. The molecule has 3 atom stereocenters. The lowest BCUT2D eigenvalue weighted by atomic mass is 9.64. The van der Waals surface area contributed by atoms with Crippen LogP contribution in [-0.2, 0) is 12.0 Å². The molecule has 0 amide bonds. The molecule has 194 valence electrons. The van der Waals surface area contributed by atoms with Crippen molar-refractivity contribution >= 4 is 23.3 Å². The number of nitrogens with one attached hydrogen (secondary N) is 1. The second kappa shape index (κ2) is 9.49. The molecule has 37 heavy (non-hydrogen) atoms. The van der Waals surface area contributed by atoms with Crippen LogP contribution in [0.3, 0.4) is 0 Å². The highest BCUT2D eigenvalue weighted by Gasteiger charge is 2.57. The van der Waals surface area contributed by atoms with Gasteiger partial charge in [0.15, 0.2) is 0 Å². The topological polar surface area (TPSA) is 52.6 Å². The van der Waals surface area contributed by atoms with Gasteiger partial charge in [-0.05, 0) is 77.8 Å². The Kier molecular flexibility index (Phi) is 6.62. The SMILES string of the molecule is Cc1ccc2c(c1)N(Cc1ccc(C(=O)O)cc1)C[C@@]21[C@H](CC(C)(C)C)NC[C@@H]1c1ccc(C)c(Cl)c1. The van der Waals surface area contributed by atoms with Crippen LogP contribution in [0.5, 0.6) is 0 Å². The summed E-state index contributed by atoms with van der Waals surface area (Å²) >= 11 is 6.65. The number of carbonyl (C=O) groups is 1. The molecule has 0 saturated carbocycles. The van der Waals surface area contributed by atoms with E-state index in [9.17, 15) is 9.90 Å². The van der Waals surface area contributed by atoms with Crippen molar-refractivity contribution in [3.8, 4) is 0 Å². The number of anilines is 1. The quantitative estimate of drug-likeness (QED) is 0.379. The van der Waals surface area contributed by atoms with Gasteiger partial charge >= 0.3 is 5.97 Å². The van der Waals surface area contributed by atoms with Gasteiger partial charge in [0.05, 0.1) is 5.56 Å². The first kappa shape index (κ1) is 25.8. The third-order valence-electron chi connectivity index (χ3n) is 8.25. The molecule has 1 fully saturated rings. The maximum atomic E-state index is 11.4. The van der Waals surface area contributed by atoms with E-state index in [4.69, 9.17) is 11.6 Å². The highest BCUT2D eigenvalue weighted by molar-refractivity contribution is 6.31. The normalized spacial score (nSPS) is 23.0. The largest absolute Gasteiger partial charge is 0.478 e. The smallest absolute Gasteiger partial charge is 0.335 e. The molecule has 0 unspecified atom stereocenters. The fraction of sp³-hybridized carbons (Fsp3) is 0.406. The van der Waals surface area contributed by atoms with E-state index in [1.54, 1.807) is 12.1 Å². The lowest BCUT2D eigenvalue weighted by Gasteiger charge is -2.40. The Morgan fingerprint density at radius 2 is 1.81 bits per heavy atom. The number of carboxylic acid groups (broad SMARTS) is 1. The number of hydrogen-bond acceptors (Lipinski definition) is 3. The second-order valence-corrected chi connectivity index (χ2v) is 12.6. The number of rotatable bonds is 5. The van der Waals surface area contributed by atoms with Gasteiger partial charge in [0.1, 0.15) is 0 Å². The van der Waals surface area contributed by atoms with Crippen molar-refractivity contribution in [1.29, 1.82) is 0 Å². The van der Waals surface area contributed by atoms with Crippen molar-refractivity contribution in [3.05, 3.63) is 99.1 Å². The molecule has 2 heterocycles. The Balaban J connectivity index is 1.61. The van der Waals surface area contributed by atoms with E-state index in [0.717, 1.165) is 42.2 Å². The van der Waals surface area contributed by atoms with Gasteiger partial charge in [-0.15, -0.1) is 0 Å². The lowest BCUT2D eigenvalue weighted by Crippen LogP contribution is -2.48. The van der Waals surface area contributed by atoms with Gasteiger partial charge < -0.3 is 15.3 Å². The summed E-state index contributed by atoms with van der Waals surface area (Å²) in [7, 11) is 0. The molecule has 3 aromatic rings. The molecule has 2 aliphatic heterocycles. The van der Waals surface area contributed by atoms with E-state index >= 15 is 0 Å². The Bertz CT molecular complexity index is 1330. The fourth-order valence-corrected chi connectivity index (χ4v) is 6.66. The average Bonchev–Trinajstić information content (AvgIpc) is 3.33. The molecular weight excluding hydrogens is 480 g/mol. The number of aryl methyl sites for hydroxylation is 2. The van der Waals surface area contributed by atoms with Crippen LogP contribution in [0.1, 0.15) is 71.3 Å². The van der Waals surface area contributed by atoms with Crippen LogP contribution in [0.15, 0.2) is 60.7 Å². The summed E-state index contributed by atoms with van der Waals surface area (Å²) in [6.45, 7) is 13.7. The lowest BCUT2D eigenvalue weighted by molar-refractivity contribution is 0.0697. The first-order valence-electron chi connectivity index (χ1n) is 13.2. The Labute approximate surface area is 225 Å². The molecule has 0 aromatic heterocycles. The number of benzene rings is 3. The van der Waals surface area contributed by atoms with E-state index in [1.165, 1.54) is 22.4 Å². The van der Waals surface area contributed by atoms with Gasteiger partial charge in [-0.3, -0.25) is 0 Å². The third kappa shape index (κ3) is 4.78. The Morgan fingerprint density at radius 1 is 1.08 bits per heavy atom. The highest BCUT2D eigenvalue weighted by atomic mass is 35.5. The number of carboxylic acids is 1. The van der Waals surface area contributed by atoms with E-state index in [1.807, 2.05) is 12.1 Å². The fourth-order valence-electron chi connectivity index (χ4n) is 6.47. The molecular formula is C32H37ClN2O2. The maximum absolute atomic E-state index is 11.4. The summed E-state index contributed by atoms with van der Waals surface area (Å²) < 4.78 is 0. The third-order valence-corrected chi connectivity index (χ3v) is 8.66. The number of aromatic carboxylic acids is 1. The Morgan fingerprint density at radius 3 is 2.46 bits per heavy atom. The minimum atomic E-state index is -0.894. The molecule has 0 bridgehead atoms. The van der Waals surface area contributed by atoms with Crippen LogP contribution in [-0.4, -0.2) is 30.2 Å². The summed E-state index contributed by atoms with van der Waals surface area (Å²) in [6.07, 6.45) is 1.07. The molecule has 2 aliphatic rings. The van der Waals surface area contributed by atoms with Crippen molar-refractivity contribution in [1.82, 2.24) is 5.32 Å². The van der Waals surface area contributed by atoms with Crippen molar-refractivity contribution in [2.75, 3.05) is 18.0 Å². The number of nitrogens with zero attached hydrogens (tertiary/aromatic N) is 1. The molecule has 0 aliphatic carbocycles. The zero-order valence-electron chi connectivity index (χ0n) is 22.4. The summed E-state index contributed by atoms with van der Waals surface area (Å²) in [5.41, 5.74) is 7.83. The van der Waals surface area contributed by atoms with Crippen molar-refractivity contribution < 1.29 is 9.90 Å². The van der Waals surface area contributed by atoms with E-state index < -0.39 is 5.97 Å². The molecule has 2 N–H and O–H groups in total. The van der Waals surface area contributed by atoms with Gasteiger partial charge in [-0.1, -0.05) is 68.8 Å². The van der Waals surface area contributed by atoms with Gasteiger partial charge in [0.2, 0.25) is 0 Å². The number of halogens is 1. The summed E-state index contributed by atoms with van der Waals surface area (Å²) in [6, 6.07) is 21.1. The zero-order valence-corrected chi connectivity index (χ0v) is 23.2. The molecule has 0 radical (unpaired) electrons. The van der Waals surface area contributed by atoms with Gasteiger partial charge in [0, 0.05) is 47.7 Å². The van der Waals surface area contributed by atoms with Gasteiger partial charge in [0.25, 0.3) is 0 Å². The number of hydrogen-bond donors (Lipinski definition) is 2. The standard InChI is InChI=1S/C32H37ClN2O2/c1-20-6-13-25-28(14-20)35(18-22-8-11-23(12-9-22)30(36)37)19-32(25)26(17-34-29(32)16-31(3,4)5)24-10-7-21(2)27(33)15-24/h6-15,26,29,34H,16-19H2,1-5H3,(H,36,37)/t26-,29+,32-/m1/s1. The van der Waals surface area contributed by atoms with E-state index in [2.05, 4.69) is 81.2 Å². The molecule has 4 nitrogen and oxygen atoms in total. The molecule has 3 aromatic carbocycles. The average molecular weight is 517 g/mol. The molecule has 5 rings (SSSR count). The second-order valence-electron chi connectivity index (χ2n) is 12.2. The van der Waals surface area contributed by atoms with Gasteiger partial charge in [-0.2, -0.15) is 0 Å². The zero-order chi connectivity index (χ0) is 26.5. The van der Waals surface area contributed by atoms with Crippen LogP contribution >= 0.6 is 11.6 Å². The van der Waals surface area contributed by atoms with Crippen LogP contribution in [0.4, 0.5) is 5.69 Å². The van der Waals surface area contributed by atoms with Crippen LogP contribution in [0.2, 0.25) is 5.02 Å². The predicted octanol–water partition coefficient (Wildman–Crippen LogP) is 7.10. The van der Waals surface area contributed by atoms with Crippen LogP contribution in [0.25, 0.3) is 0 Å². The highest BCUT2D eigenvalue weighted by Crippen LogP contribution is 2.56. The Hall–Kier alpha value is -2.82. The van der Waals surface area contributed by atoms with Gasteiger partial charge in [-0.25, -0.2) is 4.79 Å². The van der Waals surface area contributed by atoms with Crippen LogP contribution in [0, 0.1) is 19.3 Å². The predicted molar refractivity (Wildman–Crippen MR) is 152 cm³/mol. The minimum absolute atomic E-state index is 0.101. The maximum Gasteiger partial charge on any atom is 0.335 e. The van der Waals surface area contributed by atoms with E-state index in [0.29, 0.717) is 17.5 Å². The minimum Gasteiger partial charge on any atom is -0.478 e. The van der Waals surface area contributed by atoms with E-state index in [-0.39, 0.29) is 10.8 Å². The van der Waals surface area contributed by atoms with Crippen LogP contribution < -0.4 is 10.2 Å². The summed E-state index contributed by atoms with van der Waals surface area (Å²) in [5, 5.41) is 14.1. The molecule has 1 spiro atoms. The summed E-state index contributed by atoms with van der Waals surface area (Å²) in [4.78, 5) is 13.9. The van der Waals surface area contributed by atoms with Crippen molar-refractivity contribution in [2.24, 2.45) is 5.41 Å².